The van der Waals surface area contributed by atoms with E-state index in [9.17, 15) is 0 Å². The van der Waals surface area contributed by atoms with Gasteiger partial charge in [-0.1, -0.05) is 36.9 Å². The second kappa shape index (κ2) is 5.36. The Kier molecular flexibility index (Phi) is 3.93. The molecule has 0 bridgehead atoms. The Morgan fingerprint density at radius 1 is 1.33 bits per heavy atom. The molecule has 1 rings (SSSR count). The zero-order chi connectivity index (χ0) is 8.65. The van der Waals surface area contributed by atoms with Crippen LogP contribution in [0.2, 0.25) is 0 Å². The monoisotopic (exact) mass is 160 g/mol. The summed E-state index contributed by atoms with van der Waals surface area (Å²) in [6, 6.07) is 10.1. The van der Waals surface area contributed by atoms with Crippen LogP contribution in [0.5, 0.6) is 0 Å². The van der Waals surface area contributed by atoms with Gasteiger partial charge in [0.25, 0.3) is 0 Å². The first kappa shape index (κ1) is 8.79. The van der Waals surface area contributed by atoms with Crippen LogP contribution < -0.4 is 0 Å². The van der Waals surface area contributed by atoms with E-state index in [-0.39, 0.29) is 0 Å². The minimum atomic E-state index is 0.582. The number of rotatable bonds is 4. The van der Waals surface area contributed by atoms with E-state index in [1.807, 2.05) is 30.3 Å². The Labute approximate surface area is 73.0 Å². The van der Waals surface area contributed by atoms with Crippen LogP contribution in [0.15, 0.2) is 48.7 Å². The van der Waals surface area contributed by atoms with E-state index >= 15 is 0 Å². The summed E-state index contributed by atoms with van der Waals surface area (Å²) >= 11 is 0. The molecule has 0 N–H and O–H groups in total. The molecule has 0 aromatic heterocycles. The van der Waals surface area contributed by atoms with Crippen LogP contribution in [0, 0.1) is 0 Å². The van der Waals surface area contributed by atoms with Gasteiger partial charge in [0.1, 0.15) is 0 Å². The minimum absolute atomic E-state index is 0.582. The smallest absolute Gasteiger partial charge is 0.0725 e. The van der Waals surface area contributed by atoms with Crippen molar-refractivity contribution in [2.24, 2.45) is 0 Å². The number of hydrogen-bond acceptors (Lipinski definition) is 1. The van der Waals surface area contributed by atoms with Crippen LogP contribution in [0.3, 0.4) is 0 Å². The van der Waals surface area contributed by atoms with E-state index in [1.54, 1.807) is 6.08 Å². The number of benzene rings is 1. The largest absolute Gasteiger partial charge is 0.372 e. The summed E-state index contributed by atoms with van der Waals surface area (Å²) in [4.78, 5) is 0. The molecule has 0 aliphatic rings. The lowest BCUT2D eigenvalue weighted by atomic mass is 10.2. The van der Waals surface area contributed by atoms with Gasteiger partial charge in [-0.25, -0.2) is 0 Å². The Hall–Kier alpha value is -1.30. The van der Waals surface area contributed by atoms with Crippen molar-refractivity contribution in [2.75, 3.05) is 6.61 Å². The second-order valence-corrected chi connectivity index (χ2v) is 2.41. The van der Waals surface area contributed by atoms with E-state index < -0.39 is 0 Å². The van der Waals surface area contributed by atoms with Gasteiger partial charge < -0.3 is 4.74 Å². The van der Waals surface area contributed by atoms with E-state index in [1.165, 1.54) is 5.56 Å². The van der Waals surface area contributed by atoms with Crippen molar-refractivity contribution in [1.29, 1.82) is 0 Å². The van der Waals surface area contributed by atoms with Crippen molar-refractivity contribution in [3.05, 3.63) is 54.3 Å². The maximum absolute atomic E-state index is 5.30. The van der Waals surface area contributed by atoms with Crippen LogP contribution >= 0.6 is 0 Å². The third kappa shape index (κ3) is 3.20. The fraction of sp³-hybridized carbons (Fsp3) is 0.182. The van der Waals surface area contributed by atoms with Gasteiger partial charge in [0.2, 0.25) is 0 Å². The van der Waals surface area contributed by atoms with E-state index in [0.29, 0.717) is 13.2 Å². The van der Waals surface area contributed by atoms with Gasteiger partial charge in [-0.05, 0) is 11.6 Å². The van der Waals surface area contributed by atoms with Gasteiger partial charge in [-0.2, -0.15) is 0 Å². The van der Waals surface area contributed by atoms with Crippen LogP contribution in [0.25, 0.3) is 0 Å². The Morgan fingerprint density at radius 3 is 2.75 bits per heavy atom. The van der Waals surface area contributed by atoms with Crippen LogP contribution in [-0.4, -0.2) is 6.61 Å². The molecule has 0 spiro atoms. The summed E-state index contributed by atoms with van der Waals surface area (Å²) in [6.07, 6.45) is 1.77. The molecule has 1 nitrogen and oxygen atoms in total. The van der Waals surface area contributed by atoms with E-state index in [0.717, 1.165) is 0 Å². The molecule has 1 aromatic carbocycles. The molecular weight excluding hydrogens is 148 g/mol. The molecule has 0 amide bonds. The molecule has 0 aliphatic carbocycles. The molecular formula is C11H12O. The fourth-order valence-corrected chi connectivity index (χ4v) is 0.869. The highest BCUT2D eigenvalue weighted by Gasteiger charge is 1.87. The number of ether oxygens (including phenoxy) is 1. The highest BCUT2D eigenvalue weighted by molar-refractivity contribution is 5.13. The SMILES string of the molecule is C=C=CCOCc1ccccc1. The van der Waals surface area contributed by atoms with Gasteiger partial charge in [0.15, 0.2) is 0 Å². The van der Waals surface area contributed by atoms with Crippen LogP contribution in [0.4, 0.5) is 0 Å². The lowest BCUT2D eigenvalue weighted by Crippen LogP contribution is -1.91. The number of hydrogen-bond donors (Lipinski definition) is 0. The molecule has 1 aromatic rings. The van der Waals surface area contributed by atoms with Crippen molar-refractivity contribution in [2.45, 2.75) is 6.61 Å². The maximum atomic E-state index is 5.30. The Bertz CT molecular complexity index is 258. The summed E-state index contributed by atoms with van der Waals surface area (Å²) in [5.74, 6) is 0. The Balaban J connectivity index is 2.29. The summed E-state index contributed by atoms with van der Waals surface area (Å²) in [5, 5.41) is 0. The minimum Gasteiger partial charge on any atom is -0.372 e. The van der Waals surface area contributed by atoms with E-state index in [2.05, 4.69) is 12.3 Å². The first-order chi connectivity index (χ1) is 5.93. The van der Waals surface area contributed by atoms with Crippen molar-refractivity contribution >= 4 is 0 Å². The Morgan fingerprint density at radius 2 is 2.08 bits per heavy atom. The first-order valence-corrected chi connectivity index (χ1v) is 3.89. The fourth-order valence-electron chi connectivity index (χ4n) is 0.869. The summed E-state index contributed by atoms with van der Waals surface area (Å²) < 4.78 is 5.30. The van der Waals surface area contributed by atoms with Gasteiger partial charge in [0.05, 0.1) is 13.2 Å². The molecule has 0 saturated carbocycles. The lowest BCUT2D eigenvalue weighted by Gasteiger charge is -1.99. The normalized spacial score (nSPS) is 9.00. The molecule has 0 heterocycles. The maximum Gasteiger partial charge on any atom is 0.0725 e. The van der Waals surface area contributed by atoms with Gasteiger partial charge in [-0.15, -0.1) is 5.73 Å². The van der Waals surface area contributed by atoms with E-state index in [4.69, 9.17) is 4.74 Å². The summed E-state index contributed by atoms with van der Waals surface area (Å²) in [7, 11) is 0. The zero-order valence-electron chi connectivity index (χ0n) is 6.99. The third-order valence-corrected chi connectivity index (χ3v) is 1.46. The molecule has 0 atom stereocenters. The second-order valence-electron chi connectivity index (χ2n) is 2.41. The predicted octanol–water partition coefficient (Wildman–Crippen LogP) is 2.54. The highest BCUT2D eigenvalue weighted by Crippen LogP contribution is 1.99. The zero-order valence-corrected chi connectivity index (χ0v) is 6.99. The summed E-state index contributed by atoms with van der Waals surface area (Å²) in [5.41, 5.74) is 3.84. The molecule has 12 heavy (non-hydrogen) atoms. The van der Waals surface area contributed by atoms with Crippen molar-refractivity contribution in [3.8, 4) is 0 Å². The summed E-state index contributed by atoms with van der Waals surface area (Å²) in [6.45, 7) is 4.68. The van der Waals surface area contributed by atoms with Crippen molar-refractivity contribution in [3.63, 3.8) is 0 Å². The van der Waals surface area contributed by atoms with Gasteiger partial charge >= 0.3 is 0 Å². The van der Waals surface area contributed by atoms with Gasteiger partial charge in [0, 0.05) is 0 Å². The highest BCUT2D eigenvalue weighted by atomic mass is 16.5. The molecule has 1 heteroatoms. The molecule has 0 radical (unpaired) electrons. The predicted molar refractivity (Wildman–Crippen MR) is 49.8 cm³/mol. The van der Waals surface area contributed by atoms with Crippen molar-refractivity contribution < 1.29 is 4.74 Å². The average molecular weight is 160 g/mol. The van der Waals surface area contributed by atoms with Crippen LogP contribution in [0.1, 0.15) is 5.56 Å². The topological polar surface area (TPSA) is 9.23 Å². The van der Waals surface area contributed by atoms with Crippen LogP contribution in [-0.2, 0) is 11.3 Å². The third-order valence-electron chi connectivity index (χ3n) is 1.46. The average Bonchev–Trinajstić information content (AvgIpc) is 2.14. The quantitative estimate of drug-likeness (QED) is 0.486. The van der Waals surface area contributed by atoms with Crippen molar-refractivity contribution in [1.82, 2.24) is 0 Å². The first-order valence-electron chi connectivity index (χ1n) is 3.89. The molecule has 0 fully saturated rings. The standard InChI is InChI=1S/C11H12O/c1-2-3-9-12-10-11-7-5-4-6-8-11/h3-8H,1,9-10H2. The van der Waals surface area contributed by atoms with Gasteiger partial charge in [-0.3, -0.25) is 0 Å². The molecule has 0 unspecified atom stereocenters. The molecule has 0 saturated heterocycles. The molecule has 0 aliphatic heterocycles. The lowest BCUT2D eigenvalue weighted by molar-refractivity contribution is 0.149. The molecule has 62 valence electrons.